The van der Waals surface area contributed by atoms with Gasteiger partial charge in [0.1, 0.15) is 0 Å². The van der Waals surface area contributed by atoms with Crippen molar-refractivity contribution in [2.75, 3.05) is 0 Å². The van der Waals surface area contributed by atoms with Crippen molar-refractivity contribution >= 4 is 0 Å². The summed E-state index contributed by atoms with van der Waals surface area (Å²) in [7, 11) is 0. The van der Waals surface area contributed by atoms with E-state index < -0.39 is 0 Å². The molecule has 0 nitrogen and oxygen atoms in total. The van der Waals surface area contributed by atoms with Gasteiger partial charge in [0.15, 0.2) is 0 Å². The lowest BCUT2D eigenvalue weighted by atomic mass is 9.85. The summed E-state index contributed by atoms with van der Waals surface area (Å²) in [6, 6.07) is 0. The van der Waals surface area contributed by atoms with Crippen LogP contribution >= 0.6 is 0 Å². The summed E-state index contributed by atoms with van der Waals surface area (Å²) < 4.78 is 0. The van der Waals surface area contributed by atoms with E-state index in [-0.39, 0.29) is 0 Å². The number of allylic oxidation sites excluding steroid dienone is 12. The maximum absolute atomic E-state index is 2.22. The van der Waals surface area contributed by atoms with Gasteiger partial charge in [-0.3, -0.25) is 0 Å². The second-order valence-corrected chi connectivity index (χ2v) is 3.51. The van der Waals surface area contributed by atoms with Crippen LogP contribution in [0.5, 0.6) is 0 Å². The molecule has 0 aliphatic heterocycles. The van der Waals surface area contributed by atoms with E-state index in [9.17, 15) is 0 Å². The van der Waals surface area contributed by atoms with Crippen LogP contribution in [-0.4, -0.2) is 0 Å². The first-order valence-electron chi connectivity index (χ1n) is 4.60. The molecule has 0 aromatic heterocycles. The third kappa shape index (κ3) is 0.919. The van der Waals surface area contributed by atoms with Crippen molar-refractivity contribution in [2.45, 2.75) is 0 Å². The molecule has 0 amide bonds. The van der Waals surface area contributed by atoms with Crippen LogP contribution in [0.25, 0.3) is 0 Å². The Balaban J connectivity index is 2.20. The normalized spacial score (nSPS) is 27.7. The minimum atomic E-state index is 0.514. The Kier molecular flexibility index (Phi) is 1.31. The molecule has 0 radical (unpaired) electrons. The Hall–Kier alpha value is -1.56. The van der Waals surface area contributed by atoms with Gasteiger partial charge in [-0.25, -0.2) is 0 Å². The van der Waals surface area contributed by atoms with Gasteiger partial charge in [0.05, 0.1) is 0 Å². The zero-order valence-electron chi connectivity index (χ0n) is 7.27. The van der Waals surface area contributed by atoms with Gasteiger partial charge in [-0.05, 0) is 16.7 Å². The SMILES string of the molecule is C1=CC2=CC=CC3=CC=C(C=C1)C23. The Morgan fingerprint density at radius 1 is 0.615 bits per heavy atom. The summed E-state index contributed by atoms with van der Waals surface area (Å²) in [4.78, 5) is 0. The predicted molar refractivity (Wildman–Crippen MR) is 55.2 cm³/mol. The number of hydrogen-bond acceptors (Lipinski definition) is 0. The lowest BCUT2D eigenvalue weighted by Gasteiger charge is -2.18. The molecule has 0 aromatic carbocycles. The Labute approximate surface area is 78.0 Å². The monoisotopic (exact) mass is 166 g/mol. The third-order valence-electron chi connectivity index (χ3n) is 2.73. The van der Waals surface area contributed by atoms with Crippen molar-refractivity contribution in [2.24, 2.45) is 5.92 Å². The van der Waals surface area contributed by atoms with E-state index in [1.807, 2.05) is 0 Å². The standard InChI is InChI=1S/C13H10/c1-2-5-11-8-9-12-7-3-6-10(4-1)13(11)12/h1-9,13H. The molecule has 0 N–H and O–H groups in total. The molecule has 0 saturated heterocycles. The van der Waals surface area contributed by atoms with Gasteiger partial charge in [-0.2, -0.15) is 0 Å². The van der Waals surface area contributed by atoms with Crippen molar-refractivity contribution in [3.63, 3.8) is 0 Å². The number of rotatable bonds is 0. The summed E-state index contributed by atoms with van der Waals surface area (Å²) in [5, 5.41) is 0. The highest BCUT2D eigenvalue weighted by molar-refractivity contribution is 5.58. The van der Waals surface area contributed by atoms with E-state index in [0.29, 0.717) is 5.92 Å². The minimum absolute atomic E-state index is 0.514. The van der Waals surface area contributed by atoms with E-state index in [0.717, 1.165) is 0 Å². The van der Waals surface area contributed by atoms with E-state index in [1.54, 1.807) is 0 Å². The molecule has 1 unspecified atom stereocenters. The zero-order valence-corrected chi connectivity index (χ0v) is 7.27. The average molecular weight is 166 g/mol. The summed E-state index contributed by atoms with van der Waals surface area (Å²) in [5.41, 5.74) is 4.24. The van der Waals surface area contributed by atoms with E-state index in [1.165, 1.54) is 16.7 Å². The highest BCUT2D eigenvalue weighted by atomic mass is 14.3. The molecule has 0 heteroatoms. The van der Waals surface area contributed by atoms with Crippen molar-refractivity contribution in [3.8, 4) is 0 Å². The van der Waals surface area contributed by atoms with Crippen molar-refractivity contribution in [1.29, 1.82) is 0 Å². The molecule has 3 aliphatic carbocycles. The van der Waals surface area contributed by atoms with Crippen LogP contribution in [-0.2, 0) is 0 Å². The second kappa shape index (κ2) is 2.46. The maximum Gasteiger partial charge on any atom is 0.0339 e. The van der Waals surface area contributed by atoms with Gasteiger partial charge >= 0.3 is 0 Å². The smallest absolute Gasteiger partial charge is 0.0339 e. The second-order valence-electron chi connectivity index (χ2n) is 3.51. The molecule has 0 aromatic rings. The fourth-order valence-electron chi connectivity index (χ4n) is 2.12. The fourth-order valence-corrected chi connectivity index (χ4v) is 2.12. The molecule has 62 valence electrons. The quantitative estimate of drug-likeness (QED) is 0.518. The van der Waals surface area contributed by atoms with Crippen LogP contribution in [0, 0.1) is 5.92 Å². The molecule has 3 rings (SSSR count). The zero-order chi connectivity index (χ0) is 8.67. The topological polar surface area (TPSA) is 0 Å². The van der Waals surface area contributed by atoms with E-state index in [2.05, 4.69) is 54.7 Å². The van der Waals surface area contributed by atoms with Gasteiger partial charge in [0.2, 0.25) is 0 Å². The molecule has 13 heavy (non-hydrogen) atoms. The molecule has 0 saturated carbocycles. The van der Waals surface area contributed by atoms with Crippen molar-refractivity contribution in [3.05, 3.63) is 71.4 Å². The first-order chi connectivity index (χ1) is 6.45. The molecule has 0 fully saturated rings. The van der Waals surface area contributed by atoms with Crippen LogP contribution in [0.2, 0.25) is 0 Å². The summed E-state index contributed by atoms with van der Waals surface area (Å²) >= 11 is 0. The predicted octanol–water partition coefficient (Wildman–Crippen LogP) is 3.09. The summed E-state index contributed by atoms with van der Waals surface area (Å²) in [6.45, 7) is 0. The van der Waals surface area contributed by atoms with E-state index >= 15 is 0 Å². The Morgan fingerprint density at radius 3 is 1.85 bits per heavy atom. The molecule has 0 spiro atoms. The highest BCUT2D eigenvalue weighted by Crippen LogP contribution is 2.38. The third-order valence-corrected chi connectivity index (χ3v) is 2.73. The van der Waals surface area contributed by atoms with Crippen LogP contribution in [0.15, 0.2) is 71.4 Å². The van der Waals surface area contributed by atoms with Crippen molar-refractivity contribution in [1.82, 2.24) is 0 Å². The number of hydrogen-bond donors (Lipinski definition) is 0. The van der Waals surface area contributed by atoms with Crippen LogP contribution in [0.4, 0.5) is 0 Å². The van der Waals surface area contributed by atoms with Gasteiger partial charge in [-0.15, -0.1) is 0 Å². The Morgan fingerprint density at radius 2 is 1.15 bits per heavy atom. The largest absolute Gasteiger partial charge is 0.0619 e. The highest BCUT2D eigenvalue weighted by Gasteiger charge is 2.24. The minimum Gasteiger partial charge on any atom is -0.0619 e. The summed E-state index contributed by atoms with van der Waals surface area (Å²) in [5.74, 6) is 0.514. The first kappa shape index (κ1) is 6.90. The fraction of sp³-hybridized carbons (Fsp3) is 0.0769. The summed E-state index contributed by atoms with van der Waals surface area (Å²) in [6.07, 6.45) is 19.6. The lowest BCUT2D eigenvalue weighted by molar-refractivity contribution is 0.922. The van der Waals surface area contributed by atoms with Gasteiger partial charge in [0, 0.05) is 5.92 Å². The molecule has 3 aliphatic rings. The first-order valence-corrected chi connectivity index (χ1v) is 4.60. The maximum atomic E-state index is 2.22. The molecule has 1 atom stereocenters. The van der Waals surface area contributed by atoms with E-state index in [4.69, 9.17) is 0 Å². The molecule has 0 heterocycles. The van der Waals surface area contributed by atoms with Crippen LogP contribution < -0.4 is 0 Å². The average Bonchev–Trinajstić information content (AvgIpc) is 2.44. The molecular formula is C13H10. The molecule has 0 bridgehead atoms. The van der Waals surface area contributed by atoms with Gasteiger partial charge in [0.25, 0.3) is 0 Å². The molecular weight excluding hydrogens is 156 g/mol. The Bertz CT molecular complexity index is 421. The van der Waals surface area contributed by atoms with Crippen LogP contribution in [0.1, 0.15) is 0 Å². The van der Waals surface area contributed by atoms with Gasteiger partial charge in [-0.1, -0.05) is 54.7 Å². The van der Waals surface area contributed by atoms with Crippen molar-refractivity contribution < 1.29 is 0 Å². The lowest BCUT2D eigenvalue weighted by Crippen LogP contribution is -2.05. The van der Waals surface area contributed by atoms with Gasteiger partial charge < -0.3 is 0 Å². The van der Waals surface area contributed by atoms with Crippen LogP contribution in [0.3, 0.4) is 0 Å².